The molecule has 1 aromatic carbocycles. The number of amides is 2. The molecule has 1 aliphatic heterocycles. The fourth-order valence-corrected chi connectivity index (χ4v) is 2.45. The van der Waals surface area contributed by atoms with Crippen LogP contribution in [0.25, 0.3) is 17.4 Å². The van der Waals surface area contributed by atoms with E-state index in [2.05, 4.69) is 10.6 Å². The van der Waals surface area contributed by atoms with E-state index < -0.39 is 11.8 Å². The van der Waals surface area contributed by atoms with Crippen LogP contribution in [0, 0.1) is 6.92 Å². The fourth-order valence-electron chi connectivity index (χ4n) is 2.08. The largest absolute Gasteiger partial charge is 0.457 e. The van der Waals surface area contributed by atoms with Crippen LogP contribution in [0.4, 0.5) is 0 Å². The molecule has 0 atom stereocenters. The minimum Gasteiger partial charge on any atom is -0.457 e. The van der Waals surface area contributed by atoms with Crippen LogP contribution < -0.4 is 10.6 Å². The minimum absolute atomic E-state index is 0.00780. The average molecular weight is 347 g/mol. The Kier molecular flexibility index (Phi) is 4.02. The van der Waals surface area contributed by atoms with Crippen LogP contribution >= 0.6 is 23.8 Å². The molecule has 1 fully saturated rings. The van der Waals surface area contributed by atoms with Gasteiger partial charge in [0, 0.05) is 10.6 Å². The summed E-state index contributed by atoms with van der Waals surface area (Å²) in [5.74, 6) is -0.152. The number of rotatable bonds is 2. The molecule has 23 heavy (non-hydrogen) atoms. The third-order valence-corrected chi connectivity index (χ3v) is 3.92. The van der Waals surface area contributed by atoms with Gasteiger partial charge < -0.3 is 4.42 Å². The Hall–Kier alpha value is -2.44. The molecule has 2 amide bonds. The monoisotopic (exact) mass is 346 g/mol. The number of hydrogen-bond acceptors (Lipinski definition) is 4. The third-order valence-electron chi connectivity index (χ3n) is 3.31. The Balaban J connectivity index is 1.91. The molecule has 2 N–H and O–H groups in total. The second-order valence-corrected chi connectivity index (χ2v) is 5.78. The van der Waals surface area contributed by atoms with Crippen LogP contribution in [-0.4, -0.2) is 16.9 Å². The molecule has 116 valence electrons. The van der Waals surface area contributed by atoms with E-state index in [-0.39, 0.29) is 10.7 Å². The van der Waals surface area contributed by atoms with Crippen molar-refractivity contribution in [1.82, 2.24) is 10.6 Å². The summed E-state index contributed by atoms with van der Waals surface area (Å²) in [5.41, 5.74) is 1.71. The lowest BCUT2D eigenvalue weighted by Crippen LogP contribution is -2.51. The van der Waals surface area contributed by atoms with Crippen LogP contribution in [0.3, 0.4) is 0 Å². The zero-order valence-electron chi connectivity index (χ0n) is 12.0. The van der Waals surface area contributed by atoms with Gasteiger partial charge in [-0.25, -0.2) is 0 Å². The topological polar surface area (TPSA) is 71.3 Å². The summed E-state index contributed by atoms with van der Waals surface area (Å²) in [6.45, 7) is 1.91. The summed E-state index contributed by atoms with van der Waals surface area (Å²) in [6, 6.07) is 8.99. The van der Waals surface area contributed by atoms with Crippen LogP contribution in [-0.2, 0) is 9.59 Å². The zero-order chi connectivity index (χ0) is 16.6. The molecular formula is C16H11ClN2O3S. The van der Waals surface area contributed by atoms with Gasteiger partial charge in [-0.2, -0.15) is 0 Å². The molecule has 0 spiro atoms. The van der Waals surface area contributed by atoms with Gasteiger partial charge in [0.2, 0.25) is 0 Å². The molecular weight excluding hydrogens is 336 g/mol. The Morgan fingerprint density at radius 3 is 2.48 bits per heavy atom. The van der Waals surface area contributed by atoms with Gasteiger partial charge in [-0.05, 0) is 49.0 Å². The van der Waals surface area contributed by atoms with Gasteiger partial charge in [0.15, 0.2) is 5.11 Å². The lowest BCUT2D eigenvalue weighted by molar-refractivity contribution is -0.123. The van der Waals surface area contributed by atoms with E-state index in [1.807, 2.05) is 19.1 Å². The Bertz CT molecular complexity index is 848. The van der Waals surface area contributed by atoms with Gasteiger partial charge in [0.05, 0.1) is 0 Å². The first-order valence-corrected chi connectivity index (χ1v) is 7.47. The maximum absolute atomic E-state index is 11.8. The second-order valence-electron chi connectivity index (χ2n) is 4.96. The third kappa shape index (κ3) is 3.18. The van der Waals surface area contributed by atoms with Crippen molar-refractivity contribution in [2.45, 2.75) is 6.92 Å². The fraction of sp³-hybridized carbons (Fsp3) is 0.0625. The highest BCUT2D eigenvalue weighted by molar-refractivity contribution is 7.80. The number of thiocarbonyl (C=S) groups is 1. The predicted molar refractivity (Wildman–Crippen MR) is 90.8 cm³/mol. The normalized spacial score (nSPS) is 14.5. The lowest BCUT2D eigenvalue weighted by atomic mass is 10.1. The van der Waals surface area contributed by atoms with E-state index in [1.54, 1.807) is 18.2 Å². The Morgan fingerprint density at radius 2 is 1.83 bits per heavy atom. The van der Waals surface area contributed by atoms with Crippen molar-refractivity contribution in [2.24, 2.45) is 0 Å². The lowest BCUT2D eigenvalue weighted by Gasteiger charge is -2.15. The standard InChI is InChI=1S/C16H11ClN2O3S/c1-8-2-3-9(6-12(8)17)13-5-4-10(22-13)7-11-14(20)18-16(23)19-15(11)21/h2-7H,1H3,(H2,18,19,20,21,23). The van der Waals surface area contributed by atoms with Gasteiger partial charge in [-0.3, -0.25) is 20.2 Å². The Labute approximate surface area is 142 Å². The predicted octanol–water partition coefficient (Wildman–Crippen LogP) is 2.82. The molecule has 1 aliphatic rings. The molecule has 0 radical (unpaired) electrons. The highest BCUT2D eigenvalue weighted by Crippen LogP contribution is 2.27. The zero-order valence-corrected chi connectivity index (χ0v) is 13.5. The van der Waals surface area contributed by atoms with Crippen molar-refractivity contribution in [1.29, 1.82) is 0 Å². The highest BCUT2D eigenvalue weighted by Gasteiger charge is 2.26. The molecule has 0 unspecified atom stereocenters. The van der Waals surface area contributed by atoms with Crippen LogP contribution in [0.15, 0.2) is 40.3 Å². The van der Waals surface area contributed by atoms with Crippen molar-refractivity contribution >= 4 is 46.8 Å². The van der Waals surface area contributed by atoms with E-state index in [0.29, 0.717) is 16.5 Å². The summed E-state index contributed by atoms with van der Waals surface area (Å²) >= 11 is 10.8. The Morgan fingerprint density at radius 1 is 1.13 bits per heavy atom. The maximum Gasteiger partial charge on any atom is 0.263 e. The van der Waals surface area contributed by atoms with Crippen molar-refractivity contribution in [3.63, 3.8) is 0 Å². The molecule has 1 aromatic heterocycles. The van der Waals surface area contributed by atoms with Crippen molar-refractivity contribution in [3.8, 4) is 11.3 Å². The maximum atomic E-state index is 11.8. The van der Waals surface area contributed by atoms with Crippen LogP contribution in [0.1, 0.15) is 11.3 Å². The number of benzene rings is 1. The SMILES string of the molecule is Cc1ccc(-c2ccc(C=C3C(=O)NC(=S)NC3=O)o2)cc1Cl. The van der Waals surface area contributed by atoms with E-state index in [4.69, 9.17) is 28.2 Å². The van der Waals surface area contributed by atoms with E-state index in [9.17, 15) is 9.59 Å². The van der Waals surface area contributed by atoms with Gasteiger partial charge in [0.1, 0.15) is 17.1 Å². The summed E-state index contributed by atoms with van der Waals surface area (Å²) in [6.07, 6.45) is 1.37. The van der Waals surface area contributed by atoms with Gasteiger partial charge >= 0.3 is 0 Å². The van der Waals surface area contributed by atoms with Gasteiger partial charge in [-0.15, -0.1) is 0 Å². The highest BCUT2D eigenvalue weighted by atomic mass is 35.5. The summed E-state index contributed by atoms with van der Waals surface area (Å²) in [4.78, 5) is 23.6. The molecule has 0 bridgehead atoms. The molecule has 2 heterocycles. The molecule has 2 aromatic rings. The van der Waals surface area contributed by atoms with Crippen LogP contribution in [0.2, 0.25) is 5.02 Å². The minimum atomic E-state index is -0.560. The van der Waals surface area contributed by atoms with Gasteiger partial charge in [0.25, 0.3) is 11.8 Å². The van der Waals surface area contributed by atoms with E-state index >= 15 is 0 Å². The summed E-state index contributed by atoms with van der Waals surface area (Å²) in [7, 11) is 0. The quantitative estimate of drug-likeness (QED) is 0.498. The molecule has 7 heteroatoms. The molecule has 5 nitrogen and oxygen atoms in total. The van der Waals surface area contributed by atoms with E-state index in [0.717, 1.165) is 11.1 Å². The first kappa shape index (κ1) is 15.5. The number of hydrogen-bond donors (Lipinski definition) is 2. The molecule has 0 aliphatic carbocycles. The average Bonchev–Trinajstić information content (AvgIpc) is 2.94. The number of nitrogens with one attached hydrogen (secondary N) is 2. The number of halogens is 1. The smallest absolute Gasteiger partial charge is 0.263 e. The number of furan rings is 1. The summed E-state index contributed by atoms with van der Waals surface area (Å²) in [5, 5.41) is 5.36. The van der Waals surface area contributed by atoms with Crippen molar-refractivity contribution in [2.75, 3.05) is 0 Å². The van der Waals surface area contributed by atoms with Crippen LogP contribution in [0.5, 0.6) is 0 Å². The van der Waals surface area contributed by atoms with Gasteiger partial charge in [-0.1, -0.05) is 23.7 Å². The molecule has 0 saturated carbocycles. The molecule has 1 saturated heterocycles. The number of aryl methyl sites for hydroxylation is 1. The van der Waals surface area contributed by atoms with Crippen molar-refractivity contribution < 1.29 is 14.0 Å². The number of carbonyl (C=O) groups is 2. The first-order chi connectivity index (χ1) is 10.9. The summed E-state index contributed by atoms with van der Waals surface area (Å²) < 4.78 is 5.66. The second kappa shape index (κ2) is 5.98. The number of carbonyl (C=O) groups excluding carboxylic acids is 2. The van der Waals surface area contributed by atoms with Crippen molar-refractivity contribution in [3.05, 3.63) is 52.3 Å². The molecule has 3 rings (SSSR count). The van der Waals surface area contributed by atoms with E-state index in [1.165, 1.54) is 6.08 Å². The first-order valence-electron chi connectivity index (χ1n) is 6.69.